The average molecular weight is 294 g/mol. The standard InChI is InChI=1S/C21H28N/c1-13-9-15(3)18-16(10-13)20(4,5)21(6,7)17-11-14(2)12-22(8)19(17)18/h9-12H,1-8H3/q+1. The molecule has 1 heterocycles. The van der Waals surface area contributed by atoms with Crippen LogP contribution in [-0.2, 0) is 17.9 Å². The monoisotopic (exact) mass is 294 g/mol. The van der Waals surface area contributed by atoms with Crippen molar-refractivity contribution in [3.8, 4) is 11.3 Å². The molecule has 0 radical (unpaired) electrons. The molecule has 0 bridgehead atoms. The Bertz CT molecular complexity index is 711. The smallest absolute Gasteiger partial charge is 0.200 e. The van der Waals surface area contributed by atoms with E-state index in [9.17, 15) is 0 Å². The van der Waals surface area contributed by atoms with Crippen molar-refractivity contribution < 1.29 is 4.57 Å². The lowest BCUT2D eigenvalue weighted by Crippen LogP contribution is -2.48. The van der Waals surface area contributed by atoms with Crippen molar-refractivity contribution >= 4 is 0 Å². The molecule has 0 N–H and O–H groups in total. The zero-order valence-electron chi connectivity index (χ0n) is 15.3. The molecule has 22 heavy (non-hydrogen) atoms. The van der Waals surface area contributed by atoms with Crippen molar-refractivity contribution in [2.75, 3.05) is 0 Å². The van der Waals surface area contributed by atoms with E-state index in [4.69, 9.17) is 0 Å². The molecule has 0 amide bonds. The van der Waals surface area contributed by atoms with Crippen LogP contribution >= 0.6 is 0 Å². The molecule has 0 saturated heterocycles. The third-order valence-electron chi connectivity index (χ3n) is 6.00. The first kappa shape index (κ1) is 15.3. The fourth-order valence-electron chi connectivity index (χ4n) is 4.13. The topological polar surface area (TPSA) is 3.88 Å². The normalized spacial score (nSPS) is 17.8. The van der Waals surface area contributed by atoms with E-state index in [1.165, 1.54) is 39.1 Å². The van der Waals surface area contributed by atoms with Gasteiger partial charge in [-0.05, 0) is 43.4 Å². The minimum Gasteiger partial charge on any atom is -0.200 e. The molecule has 0 aliphatic heterocycles. The van der Waals surface area contributed by atoms with Gasteiger partial charge in [0, 0.05) is 16.5 Å². The molecular formula is C21H28N+. The summed E-state index contributed by atoms with van der Waals surface area (Å²) in [6, 6.07) is 7.10. The van der Waals surface area contributed by atoms with Gasteiger partial charge in [-0.3, -0.25) is 0 Å². The Labute approximate surface area is 135 Å². The fraction of sp³-hybridized carbons (Fsp3) is 0.476. The van der Waals surface area contributed by atoms with Crippen LogP contribution in [0.1, 0.15) is 55.5 Å². The Morgan fingerprint density at radius 1 is 0.773 bits per heavy atom. The average Bonchev–Trinajstić information content (AvgIpc) is 2.37. The van der Waals surface area contributed by atoms with Gasteiger partial charge in [-0.1, -0.05) is 45.4 Å². The number of hydrogen-bond acceptors (Lipinski definition) is 0. The highest BCUT2D eigenvalue weighted by atomic mass is 14.9. The van der Waals surface area contributed by atoms with Gasteiger partial charge in [0.1, 0.15) is 7.05 Å². The summed E-state index contributed by atoms with van der Waals surface area (Å²) in [5, 5.41) is 0. The summed E-state index contributed by atoms with van der Waals surface area (Å²) >= 11 is 0. The van der Waals surface area contributed by atoms with E-state index in [0.717, 1.165) is 0 Å². The lowest BCUT2D eigenvalue weighted by molar-refractivity contribution is -0.661. The Morgan fingerprint density at radius 3 is 1.95 bits per heavy atom. The Balaban J connectivity index is 2.54. The second kappa shape index (κ2) is 4.44. The molecule has 1 aromatic carbocycles. The van der Waals surface area contributed by atoms with E-state index in [0.29, 0.717) is 0 Å². The van der Waals surface area contributed by atoms with E-state index in [1.807, 2.05) is 0 Å². The van der Waals surface area contributed by atoms with Gasteiger partial charge in [0.15, 0.2) is 6.20 Å². The van der Waals surface area contributed by atoms with Crippen molar-refractivity contribution in [3.63, 3.8) is 0 Å². The van der Waals surface area contributed by atoms with Crippen LogP contribution in [0.3, 0.4) is 0 Å². The number of aromatic nitrogens is 1. The molecule has 0 fully saturated rings. The van der Waals surface area contributed by atoms with Gasteiger partial charge in [-0.15, -0.1) is 0 Å². The van der Waals surface area contributed by atoms with E-state index < -0.39 is 0 Å². The van der Waals surface area contributed by atoms with Crippen LogP contribution < -0.4 is 4.57 Å². The molecule has 0 saturated carbocycles. The Morgan fingerprint density at radius 2 is 1.32 bits per heavy atom. The lowest BCUT2D eigenvalue weighted by atomic mass is 9.55. The minimum absolute atomic E-state index is 0.0966. The summed E-state index contributed by atoms with van der Waals surface area (Å²) in [5.41, 5.74) is 10.1. The highest BCUT2D eigenvalue weighted by Crippen LogP contribution is 2.53. The van der Waals surface area contributed by atoms with Gasteiger partial charge in [0.25, 0.3) is 0 Å². The maximum Gasteiger partial charge on any atom is 0.216 e. The summed E-state index contributed by atoms with van der Waals surface area (Å²) < 4.78 is 2.32. The summed E-state index contributed by atoms with van der Waals surface area (Å²) in [4.78, 5) is 0. The molecule has 116 valence electrons. The molecule has 1 aliphatic rings. The molecular weight excluding hydrogens is 266 g/mol. The summed E-state index contributed by atoms with van der Waals surface area (Å²) in [6.07, 6.45) is 2.25. The number of rotatable bonds is 0. The summed E-state index contributed by atoms with van der Waals surface area (Å²) in [7, 11) is 2.18. The fourth-order valence-corrected chi connectivity index (χ4v) is 4.13. The van der Waals surface area contributed by atoms with Crippen LogP contribution in [-0.4, -0.2) is 0 Å². The number of benzene rings is 1. The number of hydrogen-bond donors (Lipinski definition) is 0. The van der Waals surface area contributed by atoms with Crippen molar-refractivity contribution in [2.45, 2.75) is 59.3 Å². The zero-order valence-corrected chi connectivity index (χ0v) is 15.3. The van der Waals surface area contributed by atoms with E-state index in [-0.39, 0.29) is 10.8 Å². The van der Waals surface area contributed by atoms with Gasteiger partial charge in [0.05, 0.1) is 5.56 Å². The van der Waals surface area contributed by atoms with E-state index in [2.05, 4.69) is 84.5 Å². The van der Waals surface area contributed by atoms with Crippen molar-refractivity contribution in [3.05, 3.63) is 52.2 Å². The molecule has 0 spiro atoms. The number of fused-ring (bicyclic) bond motifs is 3. The predicted molar refractivity (Wildman–Crippen MR) is 93.3 cm³/mol. The second-order valence-electron chi connectivity index (χ2n) is 8.15. The molecule has 0 atom stereocenters. The van der Waals surface area contributed by atoms with Crippen LogP contribution in [0.15, 0.2) is 24.4 Å². The van der Waals surface area contributed by atoms with Crippen LogP contribution in [0.4, 0.5) is 0 Å². The minimum atomic E-state index is 0.0966. The van der Waals surface area contributed by atoms with Gasteiger partial charge < -0.3 is 0 Å². The predicted octanol–water partition coefficient (Wildman–Crippen LogP) is 4.67. The molecule has 1 nitrogen and oxygen atoms in total. The molecule has 1 aliphatic carbocycles. The highest BCUT2D eigenvalue weighted by Gasteiger charge is 2.49. The molecule has 2 aromatic rings. The number of aryl methyl sites for hydroxylation is 4. The maximum atomic E-state index is 2.40. The van der Waals surface area contributed by atoms with Crippen molar-refractivity contribution in [2.24, 2.45) is 7.05 Å². The Kier molecular flexibility index (Phi) is 3.08. The first-order valence-corrected chi connectivity index (χ1v) is 8.20. The first-order valence-electron chi connectivity index (χ1n) is 8.20. The molecule has 3 rings (SSSR count). The van der Waals surface area contributed by atoms with E-state index >= 15 is 0 Å². The van der Waals surface area contributed by atoms with Gasteiger partial charge in [-0.2, -0.15) is 0 Å². The largest absolute Gasteiger partial charge is 0.216 e. The molecule has 0 unspecified atom stereocenters. The van der Waals surface area contributed by atoms with E-state index in [1.54, 1.807) is 0 Å². The van der Waals surface area contributed by atoms with Gasteiger partial charge in [-0.25, -0.2) is 4.57 Å². The van der Waals surface area contributed by atoms with Crippen molar-refractivity contribution in [1.29, 1.82) is 0 Å². The maximum absolute atomic E-state index is 2.40. The molecule has 1 heteroatoms. The second-order valence-corrected chi connectivity index (χ2v) is 8.15. The zero-order chi connectivity index (χ0) is 16.4. The quantitative estimate of drug-likeness (QED) is 0.622. The van der Waals surface area contributed by atoms with Crippen LogP contribution in [0.25, 0.3) is 11.3 Å². The SMILES string of the molecule is Cc1cc(C)c2c(c1)C(C)(C)C(C)(C)c1cc(C)c[n+](C)c1-2. The van der Waals surface area contributed by atoms with Crippen LogP contribution in [0.5, 0.6) is 0 Å². The van der Waals surface area contributed by atoms with Crippen molar-refractivity contribution in [1.82, 2.24) is 0 Å². The highest BCUT2D eigenvalue weighted by molar-refractivity contribution is 5.75. The number of nitrogens with zero attached hydrogens (tertiary/aromatic N) is 1. The first-order chi connectivity index (χ1) is 10.1. The third-order valence-corrected chi connectivity index (χ3v) is 6.00. The Hall–Kier alpha value is -1.63. The lowest BCUT2D eigenvalue weighted by Gasteiger charge is -2.47. The summed E-state index contributed by atoms with van der Waals surface area (Å²) in [5.74, 6) is 0. The molecule has 1 aromatic heterocycles. The number of pyridine rings is 1. The third kappa shape index (κ3) is 1.81. The van der Waals surface area contributed by atoms with Gasteiger partial charge in [0.2, 0.25) is 5.69 Å². The van der Waals surface area contributed by atoms with Gasteiger partial charge >= 0.3 is 0 Å². The summed E-state index contributed by atoms with van der Waals surface area (Å²) in [6.45, 7) is 16.2. The van der Waals surface area contributed by atoms with Crippen LogP contribution in [0, 0.1) is 20.8 Å². The van der Waals surface area contributed by atoms with Crippen LogP contribution in [0.2, 0.25) is 0 Å².